The summed E-state index contributed by atoms with van der Waals surface area (Å²) in [4.78, 5) is 21.5. The Bertz CT molecular complexity index is 838. The maximum Gasteiger partial charge on any atom is 0.240 e. The molecule has 0 aromatic heterocycles. The Morgan fingerprint density at radius 1 is 1.06 bits per heavy atom. The van der Waals surface area contributed by atoms with Gasteiger partial charge >= 0.3 is 0 Å². The van der Waals surface area contributed by atoms with Gasteiger partial charge in [0.25, 0.3) is 0 Å². The highest BCUT2D eigenvalue weighted by Crippen LogP contribution is 2.42. The molecule has 1 aromatic carbocycles. The smallest absolute Gasteiger partial charge is 0.240 e. The number of carbonyl (C=O) groups is 1. The van der Waals surface area contributed by atoms with Crippen LogP contribution in [0.1, 0.15) is 71.6 Å². The minimum Gasteiger partial charge on any atom is -0.370 e. The van der Waals surface area contributed by atoms with Crippen LogP contribution in [0, 0.1) is 11.3 Å². The van der Waals surface area contributed by atoms with E-state index in [1.54, 1.807) is 11.8 Å². The van der Waals surface area contributed by atoms with E-state index in [0.29, 0.717) is 18.0 Å². The summed E-state index contributed by atoms with van der Waals surface area (Å²) in [7, 11) is 0. The molecule has 4 rings (SSSR count). The molecule has 0 saturated carbocycles. The standard InChI is InChI=1S/C27H43N5OS/c1-20-10-8-11-21(2)31(20)16-6-3-7-17-32-23-13-4-5-14-24(23)34-25(26(32)33)18-22-12-9-15-30(19-22)27(28)29/h4-5,13-14,20-22,25H,3,6-12,15-19H2,1-2H3,(H3,28,29)/t20-,21+,22?,25?. The maximum atomic E-state index is 13.6. The summed E-state index contributed by atoms with van der Waals surface area (Å²) in [5.74, 6) is 0.842. The van der Waals surface area contributed by atoms with Gasteiger partial charge < -0.3 is 15.5 Å². The molecule has 3 heterocycles. The quantitative estimate of drug-likeness (QED) is 0.310. The predicted octanol–water partition coefficient (Wildman–Crippen LogP) is 4.92. The fourth-order valence-electron chi connectivity index (χ4n) is 6.09. The summed E-state index contributed by atoms with van der Waals surface area (Å²) in [5.41, 5.74) is 6.83. The van der Waals surface area contributed by atoms with Crippen molar-refractivity contribution >= 4 is 29.3 Å². The molecule has 2 fully saturated rings. The summed E-state index contributed by atoms with van der Waals surface area (Å²) < 4.78 is 0. The number of carbonyl (C=O) groups excluding carboxylic acids is 1. The SMILES string of the molecule is C[C@@H]1CCC[C@H](C)N1CCCCCN1C(=O)C(CC2CCCN(C(=N)N)C2)Sc2ccccc21. The van der Waals surface area contributed by atoms with Gasteiger partial charge in [-0.2, -0.15) is 0 Å². The van der Waals surface area contributed by atoms with E-state index < -0.39 is 0 Å². The molecule has 1 amide bonds. The summed E-state index contributed by atoms with van der Waals surface area (Å²) >= 11 is 1.73. The predicted molar refractivity (Wildman–Crippen MR) is 143 cm³/mol. The molecule has 34 heavy (non-hydrogen) atoms. The Labute approximate surface area is 210 Å². The zero-order valence-electron chi connectivity index (χ0n) is 21.0. The van der Waals surface area contributed by atoms with E-state index in [4.69, 9.17) is 11.1 Å². The number of likely N-dealkylation sites (tertiary alicyclic amines) is 2. The number of fused-ring (bicyclic) bond motifs is 1. The van der Waals surface area contributed by atoms with Crippen molar-refractivity contribution < 1.29 is 4.79 Å². The molecule has 4 atom stereocenters. The zero-order valence-corrected chi connectivity index (χ0v) is 21.9. The molecule has 3 aliphatic rings. The summed E-state index contributed by atoms with van der Waals surface area (Å²) in [6.45, 7) is 8.40. The first kappa shape index (κ1) is 25.4. The number of thioether (sulfide) groups is 1. The van der Waals surface area contributed by atoms with Crippen molar-refractivity contribution in [3.63, 3.8) is 0 Å². The van der Waals surface area contributed by atoms with Crippen LogP contribution in [0.2, 0.25) is 0 Å². The lowest BCUT2D eigenvalue weighted by molar-refractivity contribution is -0.118. The fourth-order valence-corrected chi connectivity index (χ4v) is 7.45. The van der Waals surface area contributed by atoms with Gasteiger partial charge in [0.05, 0.1) is 10.9 Å². The molecule has 3 N–H and O–H groups in total. The van der Waals surface area contributed by atoms with E-state index in [2.05, 4.69) is 41.8 Å². The normalized spacial score (nSPS) is 28.1. The number of hydrogen-bond donors (Lipinski definition) is 2. The number of unbranched alkanes of at least 4 members (excludes halogenated alkanes) is 2. The lowest BCUT2D eigenvalue weighted by Crippen LogP contribution is -2.46. The van der Waals surface area contributed by atoms with Crippen molar-refractivity contribution in [1.82, 2.24) is 9.80 Å². The molecule has 2 saturated heterocycles. The Kier molecular flexibility index (Phi) is 8.81. The third kappa shape index (κ3) is 6.09. The third-order valence-electron chi connectivity index (χ3n) is 8.05. The topological polar surface area (TPSA) is 76.7 Å². The Morgan fingerprint density at radius 3 is 2.56 bits per heavy atom. The molecule has 2 unspecified atom stereocenters. The number of amides is 1. The number of nitrogens with zero attached hydrogens (tertiary/aromatic N) is 3. The van der Waals surface area contributed by atoms with Crippen LogP contribution in [0.5, 0.6) is 0 Å². The van der Waals surface area contributed by atoms with E-state index >= 15 is 0 Å². The van der Waals surface area contributed by atoms with E-state index in [0.717, 1.165) is 57.4 Å². The highest BCUT2D eigenvalue weighted by Gasteiger charge is 2.35. The van der Waals surface area contributed by atoms with E-state index in [-0.39, 0.29) is 17.1 Å². The monoisotopic (exact) mass is 485 g/mol. The van der Waals surface area contributed by atoms with E-state index in [1.165, 1.54) is 37.1 Å². The van der Waals surface area contributed by atoms with Crippen LogP contribution < -0.4 is 10.6 Å². The fraction of sp³-hybridized carbons (Fsp3) is 0.704. The number of guanidine groups is 1. The van der Waals surface area contributed by atoms with Gasteiger partial charge in [-0.25, -0.2) is 0 Å². The number of benzene rings is 1. The van der Waals surface area contributed by atoms with Gasteiger partial charge in [-0.05, 0) is 83.4 Å². The summed E-state index contributed by atoms with van der Waals surface area (Å²) in [6, 6.07) is 9.80. The lowest BCUT2D eigenvalue weighted by atomic mass is 9.93. The number of para-hydroxylation sites is 1. The molecule has 0 radical (unpaired) electrons. The molecule has 1 aromatic rings. The van der Waals surface area contributed by atoms with Gasteiger partial charge in [-0.3, -0.25) is 15.1 Å². The molecule has 188 valence electrons. The Balaban J connectivity index is 1.32. The summed E-state index contributed by atoms with van der Waals surface area (Å²) in [5, 5.41) is 7.74. The zero-order chi connectivity index (χ0) is 24.1. The molecular formula is C27H43N5OS. The minimum atomic E-state index is -0.0399. The highest BCUT2D eigenvalue weighted by molar-refractivity contribution is 8.01. The second-order valence-electron chi connectivity index (χ2n) is 10.6. The minimum absolute atomic E-state index is 0.0399. The van der Waals surface area contributed by atoms with Gasteiger partial charge in [0.1, 0.15) is 0 Å². The first-order valence-electron chi connectivity index (χ1n) is 13.4. The van der Waals surface area contributed by atoms with Crippen LogP contribution in [0.4, 0.5) is 5.69 Å². The lowest BCUT2D eigenvalue weighted by Gasteiger charge is -2.39. The molecule has 6 nitrogen and oxygen atoms in total. The van der Waals surface area contributed by atoms with Crippen molar-refractivity contribution in [2.75, 3.05) is 31.1 Å². The third-order valence-corrected chi connectivity index (χ3v) is 9.33. The molecule has 0 bridgehead atoms. The molecule has 3 aliphatic heterocycles. The second-order valence-corrected chi connectivity index (χ2v) is 11.8. The largest absolute Gasteiger partial charge is 0.370 e. The van der Waals surface area contributed by atoms with E-state index in [9.17, 15) is 4.79 Å². The Morgan fingerprint density at radius 2 is 1.79 bits per heavy atom. The second kappa shape index (κ2) is 11.8. The number of anilines is 1. The van der Waals surface area contributed by atoms with Gasteiger partial charge in [-0.15, -0.1) is 11.8 Å². The average Bonchev–Trinajstić information content (AvgIpc) is 2.82. The van der Waals surface area contributed by atoms with Gasteiger partial charge in [0, 0.05) is 36.6 Å². The number of nitrogens with two attached hydrogens (primary N) is 1. The van der Waals surface area contributed by atoms with Crippen molar-refractivity contribution in [3.8, 4) is 0 Å². The number of rotatable bonds is 8. The highest BCUT2D eigenvalue weighted by atomic mass is 32.2. The summed E-state index contributed by atoms with van der Waals surface area (Å²) in [6.07, 6.45) is 10.5. The van der Waals surface area contributed by atoms with Crippen LogP contribution in [0.3, 0.4) is 0 Å². The molecular weight excluding hydrogens is 442 g/mol. The molecule has 0 aliphatic carbocycles. The van der Waals surface area contributed by atoms with Crippen molar-refractivity contribution in [3.05, 3.63) is 24.3 Å². The van der Waals surface area contributed by atoms with Gasteiger partial charge in [-0.1, -0.05) is 25.0 Å². The maximum absolute atomic E-state index is 13.6. The van der Waals surface area contributed by atoms with Gasteiger partial charge in [0.15, 0.2) is 5.96 Å². The van der Waals surface area contributed by atoms with Crippen molar-refractivity contribution in [1.29, 1.82) is 5.41 Å². The molecule has 0 spiro atoms. The van der Waals surface area contributed by atoms with Crippen LogP contribution >= 0.6 is 11.8 Å². The van der Waals surface area contributed by atoms with Crippen LogP contribution in [0.25, 0.3) is 0 Å². The van der Waals surface area contributed by atoms with Gasteiger partial charge in [0.2, 0.25) is 5.91 Å². The number of piperidine rings is 2. The first-order chi connectivity index (χ1) is 16.4. The number of hydrogen-bond acceptors (Lipinski definition) is 4. The van der Waals surface area contributed by atoms with Crippen molar-refractivity contribution in [2.45, 2.75) is 93.9 Å². The van der Waals surface area contributed by atoms with E-state index in [1.807, 2.05) is 11.0 Å². The number of nitrogens with one attached hydrogen (secondary N) is 1. The first-order valence-corrected chi connectivity index (χ1v) is 14.2. The molecule has 7 heteroatoms. The van der Waals surface area contributed by atoms with Crippen LogP contribution in [-0.4, -0.2) is 65.2 Å². The average molecular weight is 486 g/mol. The Hall–Kier alpha value is -1.73. The van der Waals surface area contributed by atoms with Crippen molar-refractivity contribution in [2.24, 2.45) is 11.7 Å². The van der Waals surface area contributed by atoms with Crippen LogP contribution in [-0.2, 0) is 4.79 Å². The van der Waals surface area contributed by atoms with Crippen LogP contribution in [0.15, 0.2) is 29.2 Å².